The summed E-state index contributed by atoms with van der Waals surface area (Å²) in [6.45, 7) is 2.64. The van der Waals surface area contributed by atoms with Crippen LogP contribution in [0, 0.1) is 0 Å². The molecule has 0 aromatic carbocycles. The molecule has 0 saturated carbocycles. The van der Waals surface area contributed by atoms with Crippen LogP contribution in [0.25, 0.3) is 0 Å². The van der Waals surface area contributed by atoms with Crippen LogP contribution in [0.5, 0.6) is 0 Å². The molecule has 1 saturated heterocycles. The lowest BCUT2D eigenvalue weighted by Gasteiger charge is -2.37. The van der Waals surface area contributed by atoms with Gasteiger partial charge < -0.3 is 14.9 Å². The number of carboxylic acids is 1. The number of aliphatic carboxylic acids is 1. The van der Waals surface area contributed by atoms with Gasteiger partial charge in [0, 0.05) is 19.6 Å². The number of carboxylic acid groups (broad SMARTS) is 1. The van der Waals surface area contributed by atoms with E-state index in [-0.39, 0.29) is 18.6 Å². The maximum atomic E-state index is 12.1. The largest absolute Gasteiger partial charge is 0.480 e. The van der Waals surface area contributed by atoms with E-state index in [1.54, 1.807) is 7.05 Å². The molecule has 1 N–H and O–H groups in total. The highest BCUT2D eigenvalue weighted by Gasteiger charge is 2.28. The second kappa shape index (κ2) is 6.47. The summed E-state index contributed by atoms with van der Waals surface area (Å²) in [5.74, 6) is -0.968. The van der Waals surface area contributed by atoms with Gasteiger partial charge in [0.25, 0.3) is 0 Å². The first kappa shape index (κ1) is 13.8. The minimum absolute atomic E-state index is 0.148. The van der Waals surface area contributed by atoms with Crippen molar-refractivity contribution in [2.24, 2.45) is 0 Å². The molecule has 1 aliphatic heterocycles. The van der Waals surface area contributed by atoms with Gasteiger partial charge in [0.05, 0.1) is 0 Å². The summed E-state index contributed by atoms with van der Waals surface area (Å²) in [4.78, 5) is 25.8. The number of urea groups is 1. The Bertz CT molecular complexity index is 279. The third-order valence-corrected chi connectivity index (χ3v) is 3.19. The first-order valence-corrected chi connectivity index (χ1v) is 6.29. The zero-order valence-corrected chi connectivity index (χ0v) is 10.7. The van der Waals surface area contributed by atoms with Gasteiger partial charge in [-0.3, -0.25) is 4.79 Å². The fourth-order valence-corrected chi connectivity index (χ4v) is 2.38. The third-order valence-electron chi connectivity index (χ3n) is 3.19. The van der Waals surface area contributed by atoms with Crippen LogP contribution in [0.4, 0.5) is 4.79 Å². The van der Waals surface area contributed by atoms with Gasteiger partial charge in [0.1, 0.15) is 6.54 Å². The molecule has 1 fully saturated rings. The van der Waals surface area contributed by atoms with E-state index in [2.05, 4.69) is 6.92 Å². The van der Waals surface area contributed by atoms with Gasteiger partial charge >= 0.3 is 12.0 Å². The van der Waals surface area contributed by atoms with Crippen LogP contribution in [-0.2, 0) is 4.79 Å². The van der Waals surface area contributed by atoms with Crippen molar-refractivity contribution >= 4 is 12.0 Å². The smallest absolute Gasteiger partial charge is 0.323 e. The number of nitrogens with zero attached hydrogens (tertiary/aromatic N) is 2. The van der Waals surface area contributed by atoms with Gasteiger partial charge in [-0.05, 0) is 25.7 Å². The Morgan fingerprint density at radius 3 is 2.71 bits per heavy atom. The Morgan fingerprint density at radius 1 is 1.41 bits per heavy atom. The molecule has 2 amide bonds. The molecule has 0 aromatic heterocycles. The van der Waals surface area contributed by atoms with E-state index >= 15 is 0 Å². The SMILES string of the molecule is CCCC1CCCCN1C(=O)N(C)CC(=O)O. The monoisotopic (exact) mass is 242 g/mol. The lowest BCUT2D eigenvalue weighted by atomic mass is 9.99. The molecule has 1 rings (SSSR count). The minimum atomic E-state index is -0.968. The summed E-state index contributed by atoms with van der Waals surface area (Å²) in [5.41, 5.74) is 0. The number of carbonyl (C=O) groups excluding carboxylic acids is 1. The quantitative estimate of drug-likeness (QED) is 0.817. The summed E-state index contributed by atoms with van der Waals surface area (Å²) in [7, 11) is 1.55. The highest BCUT2D eigenvalue weighted by atomic mass is 16.4. The van der Waals surface area contributed by atoms with Gasteiger partial charge in [-0.2, -0.15) is 0 Å². The van der Waals surface area contributed by atoms with Crippen molar-refractivity contribution in [3.8, 4) is 0 Å². The first-order chi connectivity index (χ1) is 8.06. The molecule has 0 aromatic rings. The fraction of sp³-hybridized carbons (Fsp3) is 0.833. The van der Waals surface area contributed by atoms with Crippen molar-refractivity contribution in [2.75, 3.05) is 20.1 Å². The van der Waals surface area contributed by atoms with Crippen molar-refractivity contribution in [3.05, 3.63) is 0 Å². The summed E-state index contributed by atoms with van der Waals surface area (Å²) in [6, 6.07) is 0.142. The second-order valence-electron chi connectivity index (χ2n) is 4.66. The maximum Gasteiger partial charge on any atom is 0.323 e. The number of likely N-dealkylation sites (tertiary alicyclic amines) is 1. The molecule has 5 nitrogen and oxygen atoms in total. The Morgan fingerprint density at radius 2 is 2.12 bits per heavy atom. The van der Waals surface area contributed by atoms with Gasteiger partial charge in [-0.15, -0.1) is 0 Å². The van der Waals surface area contributed by atoms with Crippen LogP contribution in [0.15, 0.2) is 0 Å². The van der Waals surface area contributed by atoms with Crippen molar-refractivity contribution in [1.82, 2.24) is 9.80 Å². The van der Waals surface area contributed by atoms with Crippen LogP contribution in [0.1, 0.15) is 39.0 Å². The highest BCUT2D eigenvalue weighted by molar-refractivity contribution is 5.80. The summed E-state index contributed by atoms with van der Waals surface area (Å²) in [6.07, 6.45) is 5.29. The van der Waals surface area contributed by atoms with E-state index in [1.807, 2.05) is 4.90 Å². The lowest BCUT2D eigenvalue weighted by Crippen LogP contribution is -2.50. The van der Waals surface area contributed by atoms with E-state index in [0.717, 1.165) is 38.6 Å². The zero-order valence-electron chi connectivity index (χ0n) is 10.7. The van der Waals surface area contributed by atoms with Crippen LogP contribution >= 0.6 is 0 Å². The number of piperidine rings is 1. The highest BCUT2D eigenvalue weighted by Crippen LogP contribution is 2.21. The maximum absolute atomic E-state index is 12.1. The van der Waals surface area contributed by atoms with Gasteiger partial charge in [-0.1, -0.05) is 13.3 Å². The standard InChI is InChI=1S/C12H22N2O3/c1-3-6-10-7-4-5-8-14(10)12(17)13(2)9-11(15)16/h10H,3-9H2,1-2H3,(H,15,16). The van der Waals surface area contributed by atoms with Crippen LogP contribution in [0.2, 0.25) is 0 Å². The van der Waals surface area contributed by atoms with E-state index < -0.39 is 5.97 Å². The molecule has 0 aliphatic carbocycles. The topological polar surface area (TPSA) is 60.9 Å². The fourth-order valence-electron chi connectivity index (χ4n) is 2.38. The average molecular weight is 242 g/mol. The molecular formula is C12H22N2O3. The van der Waals surface area contributed by atoms with Crippen LogP contribution < -0.4 is 0 Å². The van der Waals surface area contributed by atoms with E-state index in [0.29, 0.717) is 0 Å². The van der Waals surface area contributed by atoms with E-state index in [9.17, 15) is 9.59 Å². The van der Waals surface area contributed by atoms with E-state index in [4.69, 9.17) is 5.11 Å². The predicted molar refractivity (Wildman–Crippen MR) is 64.9 cm³/mol. The zero-order chi connectivity index (χ0) is 12.8. The Labute approximate surface area is 102 Å². The minimum Gasteiger partial charge on any atom is -0.480 e. The Balaban J connectivity index is 2.60. The number of likely N-dealkylation sites (N-methyl/N-ethyl adjacent to an activating group) is 1. The number of hydrogen-bond acceptors (Lipinski definition) is 2. The van der Waals surface area contributed by atoms with Crippen LogP contribution in [-0.4, -0.2) is 53.1 Å². The van der Waals surface area contributed by atoms with Gasteiger partial charge in [0.2, 0.25) is 0 Å². The summed E-state index contributed by atoms with van der Waals surface area (Å²) >= 11 is 0. The number of rotatable bonds is 4. The second-order valence-corrected chi connectivity index (χ2v) is 4.66. The first-order valence-electron chi connectivity index (χ1n) is 6.29. The number of hydrogen-bond donors (Lipinski definition) is 1. The Kier molecular flexibility index (Phi) is 5.25. The van der Waals surface area contributed by atoms with Crippen molar-refractivity contribution in [3.63, 3.8) is 0 Å². The molecule has 0 spiro atoms. The molecule has 0 radical (unpaired) electrons. The summed E-state index contributed by atoms with van der Waals surface area (Å²) in [5, 5.41) is 8.69. The number of amides is 2. The van der Waals surface area contributed by atoms with E-state index in [1.165, 1.54) is 4.90 Å². The number of carbonyl (C=O) groups is 2. The third kappa shape index (κ3) is 3.91. The molecule has 1 aliphatic rings. The normalized spacial score (nSPS) is 20.1. The van der Waals surface area contributed by atoms with Crippen molar-refractivity contribution < 1.29 is 14.7 Å². The average Bonchev–Trinajstić information content (AvgIpc) is 2.28. The molecule has 98 valence electrons. The Hall–Kier alpha value is -1.26. The molecule has 1 unspecified atom stereocenters. The lowest BCUT2D eigenvalue weighted by molar-refractivity contribution is -0.137. The van der Waals surface area contributed by atoms with Crippen molar-refractivity contribution in [2.45, 2.75) is 45.1 Å². The van der Waals surface area contributed by atoms with Gasteiger partial charge in [-0.25, -0.2) is 4.79 Å². The van der Waals surface area contributed by atoms with Crippen LogP contribution in [0.3, 0.4) is 0 Å². The molecule has 1 heterocycles. The molecule has 1 atom stereocenters. The molecule has 17 heavy (non-hydrogen) atoms. The van der Waals surface area contributed by atoms with Crippen molar-refractivity contribution in [1.29, 1.82) is 0 Å². The van der Waals surface area contributed by atoms with Gasteiger partial charge in [0.15, 0.2) is 0 Å². The molecule has 0 bridgehead atoms. The molecular weight excluding hydrogens is 220 g/mol. The summed E-state index contributed by atoms with van der Waals surface area (Å²) < 4.78 is 0. The molecule has 5 heteroatoms. The predicted octanol–water partition coefficient (Wildman–Crippen LogP) is 1.78.